The fraction of sp³-hybridized carbons (Fsp3) is 0.800. The molecule has 0 bridgehead atoms. The molecule has 0 radical (unpaired) electrons. The maximum atomic E-state index is 12.0. The molecule has 6 atom stereocenters. The van der Waals surface area contributed by atoms with Gasteiger partial charge in [-0.3, -0.25) is 38.4 Å². The van der Waals surface area contributed by atoms with Gasteiger partial charge in [0.15, 0.2) is 0 Å². The molecule has 60 heavy (non-hydrogen) atoms. The first-order chi connectivity index (χ1) is 27.3. The molecule has 0 aliphatic carbocycles. The largest absolute Gasteiger partial charge is 0.481 e. The Hall–Kier alpha value is -2.84. The molecule has 4 heterocycles. The average molecular weight is 927 g/mol. The number of aliphatic carboxylic acids is 2. The Kier molecular flexibility index (Phi) is 22.4. The van der Waals surface area contributed by atoms with Crippen molar-refractivity contribution in [3.8, 4) is 0 Å². The second kappa shape index (κ2) is 23.6. The highest BCUT2D eigenvalue weighted by molar-refractivity contribution is 8.03. The number of ether oxygens (including phenoxy) is 2. The second-order valence-corrected chi connectivity index (χ2v) is 23.0. The second-order valence-electron chi connectivity index (χ2n) is 15.9. The van der Waals surface area contributed by atoms with Gasteiger partial charge in [0.25, 0.3) is 0 Å². The van der Waals surface area contributed by atoms with Gasteiger partial charge in [-0.15, -0.1) is 47.0 Å². The molecule has 0 aromatic heterocycles. The standard InChI is InChI=1S/C11H19NO3S.C10H17NO3S.C9H15NO3S.C8H13NO3S.C2H6/c1-6-15-10(14)7(2)8-9(13)12(5)11(3,4)16-8;1-5-14-8(12)6-7-9(13)11(4)10(2,3)15-7;1-5(8(12)13)6-7(11)10(4)9(2,3)14-6;1-8(2)9(3)7(12)5(13-8)4-6(10)11;1-2/h7-8H,6H2,1-5H3;7H,5-6H2,1-4H3;5-6H,1-4H3,(H,12,13);5H,4H2,1-3H3,(H,10,11);1-2H3. The predicted octanol–water partition coefficient (Wildman–Crippen LogP) is 5.56. The van der Waals surface area contributed by atoms with Crippen LogP contribution in [-0.4, -0.2) is 159 Å². The number of nitrogens with zero attached hydrogens (tertiary/aromatic N) is 4. The highest BCUT2D eigenvalue weighted by Gasteiger charge is 2.49. The van der Waals surface area contributed by atoms with Gasteiger partial charge < -0.3 is 39.3 Å². The van der Waals surface area contributed by atoms with Crippen LogP contribution in [0.25, 0.3) is 0 Å². The molecule has 4 aliphatic heterocycles. The van der Waals surface area contributed by atoms with Gasteiger partial charge in [-0.1, -0.05) is 27.7 Å². The zero-order chi connectivity index (χ0) is 47.5. The summed E-state index contributed by atoms with van der Waals surface area (Å²) in [5, 5.41) is 15.9. The molecule has 2 N–H and O–H groups in total. The van der Waals surface area contributed by atoms with Crippen molar-refractivity contribution in [1.29, 1.82) is 0 Å². The lowest BCUT2D eigenvalue weighted by Crippen LogP contribution is -2.38. The maximum absolute atomic E-state index is 12.0. The number of esters is 2. The van der Waals surface area contributed by atoms with Gasteiger partial charge in [0.1, 0.15) is 0 Å². The molecule has 20 heteroatoms. The van der Waals surface area contributed by atoms with E-state index in [1.54, 1.807) is 75.5 Å². The van der Waals surface area contributed by atoms with Crippen LogP contribution in [0.5, 0.6) is 0 Å². The van der Waals surface area contributed by atoms with Crippen LogP contribution in [0.3, 0.4) is 0 Å². The molecule has 0 aromatic carbocycles. The van der Waals surface area contributed by atoms with Gasteiger partial charge in [0.2, 0.25) is 23.6 Å². The number of hydrogen-bond acceptors (Lipinski definition) is 14. The smallest absolute Gasteiger partial charge is 0.310 e. The fourth-order valence-corrected chi connectivity index (χ4v) is 11.4. The highest BCUT2D eigenvalue weighted by atomic mass is 32.2. The molecule has 0 aromatic rings. The first kappa shape index (κ1) is 57.2. The van der Waals surface area contributed by atoms with E-state index in [0.29, 0.717) is 13.2 Å². The molecular formula is C40H70N4O12S4. The molecule has 4 aliphatic rings. The number of thioether (sulfide) groups is 4. The van der Waals surface area contributed by atoms with E-state index in [1.807, 2.05) is 69.2 Å². The topological polar surface area (TPSA) is 208 Å². The minimum Gasteiger partial charge on any atom is -0.481 e. The number of amides is 4. The minimum absolute atomic E-state index is 0.00977. The van der Waals surface area contributed by atoms with Crippen molar-refractivity contribution in [2.24, 2.45) is 11.8 Å². The van der Waals surface area contributed by atoms with Gasteiger partial charge in [-0.2, -0.15) is 0 Å². The van der Waals surface area contributed by atoms with Crippen LogP contribution in [0.2, 0.25) is 0 Å². The van der Waals surface area contributed by atoms with E-state index in [9.17, 15) is 38.4 Å². The Bertz CT molecular complexity index is 1560. The summed E-state index contributed by atoms with van der Waals surface area (Å²) in [7, 11) is 6.95. The van der Waals surface area contributed by atoms with Gasteiger partial charge in [-0.05, 0) is 69.2 Å². The third-order valence-electron chi connectivity index (χ3n) is 10.3. The van der Waals surface area contributed by atoms with Gasteiger partial charge in [0, 0.05) is 28.2 Å². The summed E-state index contributed by atoms with van der Waals surface area (Å²) >= 11 is 5.86. The zero-order valence-electron chi connectivity index (χ0n) is 38.7. The lowest BCUT2D eigenvalue weighted by Gasteiger charge is -2.25. The van der Waals surface area contributed by atoms with Gasteiger partial charge >= 0.3 is 23.9 Å². The SMILES string of the molecule is CC.CC(C(=O)O)C1SC(C)(C)N(C)C1=O.CCOC(=O)C(C)C1SC(C)(C)N(C)C1=O.CCOC(=O)CC1SC(C)(C)N(C)C1=O.CN1C(=O)C(CC(=O)O)SC1(C)C. The number of carboxylic acids is 2. The molecule has 4 amide bonds. The first-order valence-electron chi connectivity index (χ1n) is 19.9. The summed E-state index contributed by atoms with van der Waals surface area (Å²) < 4.78 is 9.78. The van der Waals surface area contributed by atoms with Crippen molar-refractivity contribution in [3.63, 3.8) is 0 Å². The quantitative estimate of drug-likeness (QED) is 0.257. The van der Waals surface area contributed by atoms with Crippen molar-refractivity contribution in [3.05, 3.63) is 0 Å². The number of carbonyl (C=O) groups is 8. The summed E-state index contributed by atoms with van der Waals surface area (Å²) in [5.41, 5.74) is 0. The Labute approximate surface area is 374 Å². The van der Waals surface area contributed by atoms with Crippen LogP contribution in [0, 0.1) is 11.8 Å². The normalized spacial score (nSPS) is 25.3. The summed E-state index contributed by atoms with van der Waals surface area (Å²) in [5.74, 6) is -3.59. The van der Waals surface area contributed by atoms with E-state index < -0.39 is 28.4 Å². The van der Waals surface area contributed by atoms with Gasteiger partial charge in [0.05, 0.1) is 78.4 Å². The Balaban J connectivity index is 0.000000764. The lowest BCUT2D eigenvalue weighted by molar-refractivity contribution is -0.149. The van der Waals surface area contributed by atoms with E-state index in [2.05, 4.69) is 0 Å². The fourth-order valence-electron chi connectivity index (χ4n) is 5.66. The van der Waals surface area contributed by atoms with E-state index in [0.717, 1.165) is 0 Å². The number of carbonyl (C=O) groups excluding carboxylic acids is 6. The molecule has 4 fully saturated rings. The third-order valence-corrected chi connectivity index (χ3v) is 16.7. The summed E-state index contributed by atoms with van der Waals surface area (Å²) in [6, 6.07) is 0. The summed E-state index contributed by atoms with van der Waals surface area (Å²) in [4.78, 5) is 96.5. The predicted molar refractivity (Wildman–Crippen MR) is 240 cm³/mol. The van der Waals surface area contributed by atoms with Crippen molar-refractivity contribution >= 4 is 94.6 Å². The van der Waals surface area contributed by atoms with Crippen molar-refractivity contribution in [1.82, 2.24) is 19.6 Å². The van der Waals surface area contributed by atoms with Crippen LogP contribution in [0.4, 0.5) is 0 Å². The van der Waals surface area contributed by atoms with Crippen molar-refractivity contribution in [2.75, 3.05) is 41.4 Å². The Morgan fingerprint density at radius 1 is 0.567 bits per heavy atom. The van der Waals surface area contributed by atoms with Crippen LogP contribution < -0.4 is 0 Å². The third kappa shape index (κ3) is 15.2. The Morgan fingerprint density at radius 2 is 0.883 bits per heavy atom. The minimum atomic E-state index is -0.919. The molecule has 4 saturated heterocycles. The van der Waals surface area contributed by atoms with Crippen LogP contribution in [-0.2, 0) is 47.8 Å². The van der Waals surface area contributed by atoms with Gasteiger partial charge in [-0.25, -0.2) is 0 Å². The summed E-state index contributed by atoms with van der Waals surface area (Å²) in [6.45, 7) is 27.2. The van der Waals surface area contributed by atoms with Crippen LogP contribution >= 0.6 is 47.0 Å². The molecule has 6 unspecified atom stereocenters. The number of carboxylic acid groups (broad SMARTS) is 2. The molecule has 0 saturated carbocycles. The van der Waals surface area contributed by atoms with Crippen LogP contribution in [0.15, 0.2) is 0 Å². The molecule has 346 valence electrons. The first-order valence-corrected chi connectivity index (χ1v) is 23.4. The van der Waals surface area contributed by atoms with E-state index in [4.69, 9.17) is 19.7 Å². The maximum Gasteiger partial charge on any atom is 0.310 e. The van der Waals surface area contributed by atoms with E-state index in [-0.39, 0.29) is 84.3 Å². The zero-order valence-corrected chi connectivity index (χ0v) is 42.0. The molecule has 0 spiro atoms. The molecular weight excluding hydrogens is 857 g/mol. The monoisotopic (exact) mass is 926 g/mol. The van der Waals surface area contributed by atoms with Crippen molar-refractivity contribution in [2.45, 2.75) is 150 Å². The highest BCUT2D eigenvalue weighted by Crippen LogP contribution is 2.44. The average Bonchev–Trinajstić information content (AvgIpc) is 3.66. The van der Waals surface area contributed by atoms with Crippen molar-refractivity contribution < 1.29 is 58.0 Å². The number of hydrogen-bond donors (Lipinski definition) is 2. The summed E-state index contributed by atoms with van der Waals surface area (Å²) in [6.07, 6.45) is 0.0857. The molecule has 4 rings (SSSR count). The Morgan fingerprint density at radius 3 is 1.15 bits per heavy atom. The number of rotatable bonds is 10. The molecule has 16 nitrogen and oxygen atoms in total. The van der Waals surface area contributed by atoms with E-state index in [1.165, 1.54) is 47.0 Å². The van der Waals surface area contributed by atoms with Crippen LogP contribution in [0.1, 0.15) is 110 Å². The van der Waals surface area contributed by atoms with E-state index >= 15 is 0 Å². The lowest BCUT2D eigenvalue weighted by atomic mass is 10.1.